The molecule has 0 radical (unpaired) electrons. The minimum atomic E-state index is -0.187. The van der Waals surface area contributed by atoms with Gasteiger partial charge in [-0.2, -0.15) is 5.10 Å². The topological polar surface area (TPSA) is 50.6 Å². The lowest BCUT2D eigenvalue weighted by Gasteiger charge is -2.32. The summed E-state index contributed by atoms with van der Waals surface area (Å²) in [5.41, 5.74) is 2.41. The molecule has 1 aromatic heterocycles. The van der Waals surface area contributed by atoms with Gasteiger partial charge in [0.15, 0.2) is 0 Å². The predicted molar refractivity (Wildman–Crippen MR) is 88.1 cm³/mol. The highest BCUT2D eigenvalue weighted by Crippen LogP contribution is 2.29. The summed E-state index contributed by atoms with van der Waals surface area (Å²) in [6.07, 6.45) is 3.70. The van der Waals surface area contributed by atoms with Crippen molar-refractivity contribution in [1.82, 2.24) is 19.6 Å². The molecule has 0 spiro atoms. The van der Waals surface area contributed by atoms with Gasteiger partial charge < -0.3 is 14.5 Å². The van der Waals surface area contributed by atoms with Gasteiger partial charge in [-0.05, 0) is 45.8 Å². The number of hydrogen-bond donors (Lipinski definition) is 0. The van der Waals surface area contributed by atoms with E-state index >= 15 is 0 Å². The number of carbonyl (C=O) groups is 1. The van der Waals surface area contributed by atoms with Crippen LogP contribution in [0.25, 0.3) is 0 Å². The van der Waals surface area contributed by atoms with E-state index in [0.29, 0.717) is 5.92 Å². The van der Waals surface area contributed by atoms with Gasteiger partial charge in [-0.3, -0.25) is 9.48 Å². The highest BCUT2D eigenvalue weighted by Gasteiger charge is 2.31. The normalized spacial score (nSPS) is 23.0. The third kappa shape index (κ3) is 3.75. The van der Waals surface area contributed by atoms with Gasteiger partial charge in [0.1, 0.15) is 6.10 Å². The monoisotopic (exact) mass is 320 g/mol. The summed E-state index contributed by atoms with van der Waals surface area (Å²) in [5, 5.41) is 4.70. The summed E-state index contributed by atoms with van der Waals surface area (Å²) < 4.78 is 7.51. The summed E-state index contributed by atoms with van der Waals surface area (Å²) in [4.78, 5) is 16.5. The van der Waals surface area contributed by atoms with Gasteiger partial charge in [0.05, 0.1) is 11.4 Å². The van der Waals surface area contributed by atoms with Crippen molar-refractivity contribution in [2.45, 2.75) is 44.2 Å². The van der Waals surface area contributed by atoms with E-state index in [-0.39, 0.29) is 12.0 Å². The Bertz CT molecular complexity index is 541. The van der Waals surface area contributed by atoms with Crippen molar-refractivity contribution >= 4 is 5.91 Å². The van der Waals surface area contributed by atoms with Crippen molar-refractivity contribution in [3.63, 3.8) is 0 Å². The number of amides is 1. The van der Waals surface area contributed by atoms with E-state index < -0.39 is 0 Å². The van der Waals surface area contributed by atoms with Crippen molar-refractivity contribution in [3.05, 3.63) is 17.5 Å². The molecule has 128 valence electrons. The molecule has 3 heterocycles. The minimum Gasteiger partial charge on any atom is -0.368 e. The van der Waals surface area contributed by atoms with Gasteiger partial charge in [-0.25, -0.2) is 0 Å². The molecular weight excluding hydrogens is 292 g/mol. The van der Waals surface area contributed by atoms with E-state index in [2.05, 4.69) is 25.1 Å². The SMILES string of the molecule is CN(C)Cc1cc(C2CCN(C(=O)C3CCCO3)CC2)nn1C. The summed E-state index contributed by atoms with van der Waals surface area (Å²) in [6, 6.07) is 2.22. The average molecular weight is 320 g/mol. The molecule has 2 aliphatic rings. The Morgan fingerprint density at radius 3 is 2.70 bits per heavy atom. The van der Waals surface area contributed by atoms with Crippen molar-refractivity contribution < 1.29 is 9.53 Å². The quantitative estimate of drug-likeness (QED) is 0.841. The number of aryl methyl sites for hydroxylation is 1. The molecule has 3 rings (SSSR count). The molecule has 0 saturated carbocycles. The minimum absolute atomic E-state index is 0.187. The molecule has 6 nitrogen and oxygen atoms in total. The van der Waals surface area contributed by atoms with Crippen LogP contribution in [-0.2, 0) is 23.1 Å². The number of rotatable bonds is 4. The van der Waals surface area contributed by atoms with E-state index in [1.807, 2.05) is 16.6 Å². The maximum Gasteiger partial charge on any atom is 0.251 e. The number of aromatic nitrogens is 2. The first-order valence-corrected chi connectivity index (χ1v) is 8.62. The van der Waals surface area contributed by atoms with Gasteiger partial charge in [-0.1, -0.05) is 0 Å². The highest BCUT2D eigenvalue weighted by atomic mass is 16.5. The van der Waals surface area contributed by atoms with E-state index in [4.69, 9.17) is 9.84 Å². The molecule has 2 saturated heterocycles. The van der Waals surface area contributed by atoms with Crippen LogP contribution in [0, 0.1) is 0 Å². The molecule has 0 aromatic carbocycles. The van der Waals surface area contributed by atoms with Gasteiger partial charge in [-0.15, -0.1) is 0 Å². The zero-order valence-corrected chi connectivity index (χ0v) is 14.5. The molecule has 0 bridgehead atoms. The smallest absolute Gasteiger partial charge is 0.251 e. The van der Waals surface area contributed by atoms with Gasteiger partial charge >= 0.3 is 0 Å². The van der Waals surface area contributed by atoms with Gasteiger partial charge in [0.25, 0.3) is 5.91 Å². The maximum atomic E-state index is 12.4. The van der Waals surface area contributed by atoms with Crippen LogP contribution in [0.1, 0.15) is 43.0 Å². The Morgan fingerprint density at radius 1 is 1.35 bits per heavy atom. The van der Waals surface area contributed by atoms with E-state index in [0.717, 1.165) is 51.9 Å². The number of hydrogen-bond acceptors (Lipinski definition) is 4. The molecular formula is C17H28N4O2. The molecule has 6 heteroatoms. The lowest BCUT2D eigenvalue weighted by Crippen LogP contribution is -2.43. The lowest BCUT2D eigenvalue weighted by atomic mass is 9.93. The number of piperidine rings is 1. The van der Waals surface area contributed by atoms with Gasteiger partial charge in [0.2, 0.25) is 0 Å². The Labute approximate surface area is 138 Å². The second-order valence-electron chi connectivity index (χ2n) is 7.02. The summed E-state index contributed by atoms with van der Waals surface area (Å²) in [7, 11) is 6.15. The Balaban J connectivity index is 1.57. The van der Waals surface area contributed by atoms with Crippen LogP contribution in [0.3, 0.4) is 0 Å². The molecule has 0 N–H and O–H groups in total. The second kappa shape index (κ2) is 7.01. The van der Waals surface area contributed by atoms with Crippen LogP contribution < -0.4 is 0 Å². The molecule has 2 aliphatic heterocycles. The summed E-state index contributed by atoms with van der Waals surface area (Å²) in [5.74, 6) is 0.654. The first kappa shape index (κ1) is 16.5. The Kier molecular flexibility index (Phi) is 5.02. The number of likely N-dealkylation sites (tertiary alicyclic amines) is 1. The third-order valence-corrected chi connectivity index (χ3v) is 4.90. The molecule has 1 unspecified atom stereocenters. The highest BCUT2D eigenvalue weighted by molar-refractivity contribution is 5.81. The van der Waals surface area contributed by atoms with Crippen LogP contribution in [0.15, 0.2) is 6.07 Å². The zero-order valence-electron chi connectivity index (χ0n) is 14.5. The molecule has 2 fully saturated rings. The first-order valence-electron chi connectivity index (χ1n) is 8.62. The van der Waals surface area contributed by atoms with Crippen molar-refractivity contribution in [3.8, 4) is 0 Å². The summed E-state index contributed by atoms with van der Waals surface area (Å²) in [6.45, 7) is 3.28. The fourth-order valence-corrected chi connectivity index (χ4v) is 3.57. The third-order valence-electron chi connectivity index (χ3n) is 4.90. The van der Waals surface area contributed by atoms with Gasteiger partial charge in [0, 0.05) is 39.2 Å². The standard InChI is InChI=1S/C17H28N4O2/c1-19(2)12-14-11-15(18-20(14)3)13-6-8-21(9-7-13)17(22)16-5-4-10-23-16/h11,13,16H,4-10,12H2,1-3H3. The van der Waals surface area contributed by atoms with Crippen LogP contribution in [0.5, 0.6) is 0 Å². The van der Waals surface area contributed by atoms with Crippen molar-refractivity contribution in [2.75, 3.05) is 33.8 Å². The van der Waals surface area contributed by atoms with Crippen LogP contribution in [-0.4, -0.2) is 65.4 Å². The number of carbonyl (C=O) groups excluding carboxylic acids is 1. The number of ether oxygens (including phenoxy) is 1. The molecule has 1 aromatic rings. The summed E-state index contributed by atoms with van der Waals surface area (Å²) >= 11 is 0. The maximum absolute atomic E-state index is 12.4. The Hall–Kier alpha value is -1.40. The molecule has 23 heavy (non-hydrogen) atoms. The fourth-order valence-electron chi connectivity index (χ4n) is 3.57. The lowest BCUT2D eigenvalue weighted by molar-refractivity contribution is -0.142. The fraction of sp³-hybridized carbons (Fsp3) is 0.765. The molecule has 1 atom stereocenters. The molecule has 1 amide bonds. The van der Waals surface area contributed by atoms with E-state index in [1.165, 1.54) is 11.4 Å². The largest absolute Gasteiger partial charge is 0.368 e. The van der Waals surface area contributed by atoms with Crippen LogP contribution >= 0.6 is 0 Å². The average Bonchev–Trinajstić information content (AvgIpc) is 3.17. The first-order chi connectivity index (χ1) is 11.0. The van der Waals surface area contributed by atoms with Crippen LogP contribution in [0.2, 0.25) is 0 Å². The predicted octanol–water partition coefficient (Wildman–Crippen LogP) is 1.37. The van der Waals surface area contributed by atoms with Crippen molar-refractivity contribution in [2.24, 2.45) is 7.05 Å². The Morgan fingerprint density at radius 2 is 2.09 bits per heavy atom. The van der Waals surface area contributed by atoms with Crippen LogP contribution in [0.4, 0.5) is 0 Å². The van der Waals surface area contributed by atoms with Crippen molar-refractivity contribution in [1.29, 1.82) is 0 Å². The van der Waals surface area contributed by atoms with E-state index in [9.17, 15) is 4.79 Å². The molecule has 0 aliphatic carbocycles. The zero-order chi connectivity index (χ0) is 16.4. The second-order valence-corrected chi connectivity index (χ2v) is 7.02. The van der Waals surface area contributed by atoms with E-state index in [1.54, 1.807) is 0 Å². The number of nitrogens with zero attached hydrogens (tertiary/aromatic N) is 4.